The zero-order valence-electron chi connectivity index (χ0n) is 13.6. The lowest BCUT2D eigenvalue weighted by molar-refractivity contribution is -0.147. The van der Waals surface area contributed by atoms with Crippen LogP contribution < -0.4 is 0 Å². The highest BCUT2D eigenvalue weighted by atomic mass is 16.7. The van der Waals surface area contributed by atoms with Crippen molar-refractivity contribution in [2.24, 2.45) is 0 Å². The number of nitrogens with zero attached hydrogens (tertiary/aromatic N) is 2. The number of hydrogen-bond donors (Lipinski definition) is 0. The zero-order chi connectivity index (χ0) is 15.9. The Bertz CT molecular complexity index is 575. The highest BCUT2D eigenvalue weighted by Crippen LogP contribution is 2.32. The fourth-order valence-electron chi connectivity index (χ4n) is 3.52. The lowest BCUT2D eigenvalue weighted by Gasteiger charge is -2.26. The quantitative estimate of drug-likeness (QED) is 0.823. The van der Waals surface area contributed by atoms with Crippen molar-refractivity contribution in [2.45, 2.75) is 44.6 Å². The van der Waals surface area contributed by atoms with Gasteiger partial charge in [0.25, 0.3) is 0 Å². The van der Waals surface area contributed by atoms with Crippen LogP contribution in [0.15, 0.2) is 16.5 Å². The second-order valence-corrected chi connectivity index (χ2v) is 6.83. The summed E-state index contributed by atoms with van der Waals surface area (Å²) in [6.45, 7) is 5.80. The molecule has 23 heavy (non-hydrogen) atoms. The van der Waals surface area contributed by atoms with Gasteiger partial charge in [-0.2, -0.15) is 0 Å². The van der Waals surface area contributed by atoms with E-state index in [2.05, 4.69) is 4.90 Å². The normalized spacial score (nSPS) is 23.7. The first-order valence-electron chi connectivity index (χ1n) is 8.49. The van der Waals surface area contributed by atoms with Gasteiger partial charge in [0.1, 0.15) is 11.5 Å². The fourth-order valence-corrected chi connectivity index (χ4v) is 3.52. The molecular formula is C17H24N2O4. The molecule has 6 nitrogen and oxygen atoms in total. The smallest absolute Gasteiger partial charge is 0.237 e. The predicted molar refractivity (Wildman–Crippen MR) is 82.7 cm³/mol. The van der Waals surface area contributed by atoms with Crippen LogP contribution in [0.1, 0.15) is 30.8 Å². The predicted octanol–water partition coefficient (Wildman–Crippen LogP) is 1.53. The molecule has 1 amide bonds. The third kappa shape index (κ3) is 3.29. The van der Waals surface area contributed by atoms with E-state index < -0.39 is 5.79 Å². The summed E-state index contributed by atoms with van der Waals surface area (Å²) >= 11 is 0. The molecule has 3 heterocycles. The number of carbonyl (C=O) groups is 1. The van der Waals surface area contributed by atoms with Crippen LogP contribution in [0.5, 0.6) is 0 Å². The molecule has 4 rings (SSSR count). The molecule has 2 aliphatic heterocycles. The molecule has 0 radical (unpaired) electrons. The molecule has 1 saturated carbocycles. The Hall–Kier alpha value is -1.37. The molecule has 6 heteroatoms. The SMILES string of the molecule is Cc1ccc(CN(C(=O)CN2CCC3(C2)OCCO3)C2CC2)o1. The van der Waals surface area contributed by atoms with Crippen molar-refractivity contribution in [3.05, 3.63) is 23.7 Å². The van der Waals surface area contributed by atoms with E-state index in [1.807, 2.05) is 24.0 Å². The second-order valence-electron chi connectivity index (χ2n) is 6.83. The first-order chi connectivity index (χ1) is 11.1. The largest absolute Gasteiger partial charge is 0.464 e. The summed E-state index contributed by atoms with van der Waals surface area (Å²) in [6.07, 6.45) is 3.05. The van der Waals surface area contributed by atoms with Gasteiger partial charge in [0.2, 0.25) is 5.91 Å². The van der Waals surface area contributed by atoms with Gasteiger partial charge >= 0.3 is 0 Å². The van der Waals surface area contributed by atoms with Gasteiger partial charge in [0, 0.05) is 19.0 Å². The molecule has 0 aromatic carbocycles. The van der Waals surface area contributed by atoms with Crippen LogP contribution in [0.25, 0.3) is 0 Å². The molecule has 1 aromatic rings. The number of likely N-dealkylation sites (tertiary alicyclic amines) is 1. The summed E-state index contributed by atoms with van der Waals surface area (Å²) in [7, 11) is 0. The molecule has 3 fully saturated rings. The molecule has 2 saturated heterocycles. The van der Waals surface area contributed by atoms with Crippen LogP contribution in [0, 0.1) is 6.92 Å². The van der Waals surface area contributed by atoms with E-state index in [0.29, 0.717) is 38.9 Å². The van der Waals surface area contributed by atoms with Crippen molar-refractivity contribution >= 4 is 5.91 Å². The molecular weight excluding hydrogens is 296 g/mol. The van der Waals surface area contributed by atoms with E-state index >= 15 is 0 Å². The minimum Gasteiger partial charge on any atom is -0.464 e. The monoisotopic (exact) mass is 320 g/mol. The number of amides is 1. The third-order valence-electron chi connectivity index (χ3n) is 4.88. The van der Waals surface area contributed by atoms with Crippen molar-refractivity contribution in [1.29, 1.82) is 0 Å². The van der Waals surface area contributed by atoms with E-state index in [9.17, 15) is 4.79 Å². The van der Waals surface area contributed by atoms with Gasteiger partial charge in [0.05, 0.1) is 32.8 Å². The molecule has 3 aliphatic rings. The lowest BCUT2D eigenvalue weighted by Crippen LogP contribution is -2.42. The molecule has 0 N–H and O–H groups in total. The molecule has 0 unspecified atom stereocenters. The average molecular weight is 320 g/mol. The Labute approximate surface area is 136 Å². The highest BCUT2D eigenvalue weighted by Gasteiger charge is 2.44. The molecule has 1 aliphatic carbocycles. The van der Waals surface area contributed by atoms with Crippen LogP contribution in [0.2, 0.25) is 0 Å². The Morgan fingerprint density at radius 2 is 2.13 bits per heavy atom. The van der Waals surface area contributed by atoms with E-state index in [1.54, 1.807) is 0 Å². The summed E-state index contributed by atoms with van der Waals surface area (Å²) in [5.74, 6) is 1.47. The van der Waals surface area contributed by atoms with Crippen LogP contribution in [0.3, 0.4) is 0 Å². The molecule has 1 spiro atoms. The van der Waals surface area contributed by atoms with Gasteiger partial charge in [-0.3, -0.25) is 9.69 Å². The van der Waals surface area contributed by atoms with Crippen LogP contribution in [0.4, 0.5) is 0 Å². The van der Waals surface area contributed by atoms with Crippen molar-refractivity contribution in [3.63, 3.8) is 0 Å². The maximum Gasteiger partial charge on any atom is 0.237 e. The Kier molecular flexibility index (Phi) is 3.91. The Morgan fingerprint density at radius 3 is 2.78 bits per heavy atom. The number of hydrogen-bond acceptors (Lipinski definition) is 5. The molecule has 1 aromatic heterocycles. The first-order valence-corrected chi connectivity index (χ1v) is 8.49. The zero-order valence-corrected chi connectivity index (χ0v) is 13.6. The van der Waals surface area contributed by atoms with E-state index in [1.165, 1.54) is 0 Å². The highest BCUT2D eigenvalue weighted by molar-refractivity contribution is 5.79. The minimum atomic E-state index is -0.456. The number of furan rings is 1. The van der Waals surface area contributed by atoms with Crippen LogP contribution >= 0.6 is 0 Å². The number of rotatable bonds is 5. The molecule has 0 bridgehead atoms. The second kappa shape index (κ2) is 5.92. The van der Waals surface area contributed by atoms with Gasteiger partial charge < -0.3 is 18.8 Å². The maximum atomic E-state index is 12.8. The number of ether oxygens (including phenoxy) is 2. The van der Waals surface area contributed by atoms with Crippen LogP contribution in [-0.2, 0) is 20.8 Å². The molecule has 126 valence electrons. The van der Waals surface area contributed by atoms with Crippen molar-refractivity contribution in [1.82, 2.24) is 9.80 Å². The topological polar surface area (TPSA) is 55.2 Å². The average Bonchev–Trinajstić information content (AvgIpc) is 2.93. The summed E-state index contributed by atoms with van der Waals surface area (Å²) in [5.41, 5.74) is 0. The summed E-state index contributed by atoms with van der Waals surface area (Å²) in [4.78, 5) is 16.9. The summed E-state index contributed by atoms with van der Waals surface area (Å²) < 4.78 is 17.1. The van der Waals surface area contributed by atoms with Crippen LogP contribution in [-0.4, -0.2) is 60.4 Å². The summed E-state index contributed by atoms with van der Waals surface area (Å²) in [6, 6.07) is 4.29. The van der Waals surface area contributed by atoms with Crippen molar-refractivity contribution in [2.75, 3.05) is 32.8 Å². The third-order valence-corrected chi connectivity index (χ3v) is 4.88. The van der Waals surface area contributed by atoms with Gasteiger partial charge in [-0.1, -0.05) is 0 Å². The Balaban J connectivity index is 1.36. The minimum absolute atomic E-state index is 0.177. The lowest BCUT2D eigenvalue weighted by atomic mass is 10.2. The molecule has 0 atom stereocenters. The number of carbonyl (C=O) groups excluding carboxylic acids is 1. The van der Waals surface area contributed by atoms with E-state index in [4.69, 9.17) is 13.9 Å². The van der Waals surface area contributed by atoms with Gasteiger partial charge in [-0.25, -0.2) is 0 Å². The van der Waals surface area contributed by atoms with E-state index in [0.717, 1.165) is 37.3 Å². The fraction of sp³-hybridized carbons (Fsp3) is 0.706. The standard InChI is InChI=1S/C17H24N2O4/c1-13-2-5-15(23-13)10-19(14-3-4-14)16(20)11-18-7-6-17(12-18)21-8-9-22-17/h2,5,14H,3-4,6-12H2,1H3. The Morgan fingerprint density at radius 1 is 1.35 bits per heavy atom. The summed E-state index contributed by atoms with van der Waals surface area (Å²) in [5, 5.41) is 0. The van der Waals surface area contributed by atoms with Crippen molar-refractivity contribution in [3.8, 4) is 0 Å². The van der Waals surface area contributed by atoms with Gasteiger partial charge in [0.15, 0.2) is 5.79 Å². The first kappa shape index (κ1) is 15.2. The maximum absolute atomic E-state index is 12.8. The number of aryl methyl sites for hydroxylation is 1. The van der Waals surface area contributed by atoms with Gasteiger partial charge in [-0.05, 0) is 31.9 Å². The van der Waals surface area contributed by atoms with E-state index in [-0.39, 0.29) is 5.91 Å². The van der Waals surface area contributed by atoms with Crippen molar-refractivity contribution < 1.29 is 18.7 Å². The van der Waals surface area contributed by atoms with Gasteiger partial charge in [-0.15, -0.1) is 0 Å².